The highest BCUT2D eigenvalue weighted by atomic mass is 16.1. The second kappa shape index (κ2) is 6.54. The van der Waals surface area contributed by atoms with Gasteiger partial charge in [0.05, 0.1) is 6.04 Å². The molecule has 1 unspecified atom stereocenters. The molecule has 0 amide bonds. The number of nitrogens with zero attached hydrogens (tertiary/aromatic N) is 3. The number of anilines is 1. The predicted octanol–water partition coefficient (Wildman–Crippen LogP) is 3.23. The maximum absolute atomic E-state index is 12.9. The molecule has 1 aromatic rings. The number of carbonyl (C=O) groups is 1. The zero-order valence-electron chi connectivity index (χ0n) is 12.9. The molecule has 114 valence electrons. The Morgan fingerprint density at radius 1 is 1.10 bits per heavy atom. The summed E-state index contributed by atoms with van der Waals surface area (Å²) in [4.78, 5) is 23.8. The van der Waals surface area contributed by atoms with E-state index >= 15 is 0 Å². The summed E-state index contributed by atoms with van der Waals surface area (Å²) in [7, 11) is 0. The van der Waals surface area contributed by atoms with Crippen LogP contribution in [0.2, 0.25) is 0 Å². The number of Topliss-reactive ketones (excluding diaryl/α,β-unsaturated/α-hetero) is 1. The van der Waals surface area contributed by atoms with Crippen molar-refractivity contribution in [2.24, 2.45) is 11.8 Å². The van der Waals surface area contributed by atoms with E-state index in [0.29, 0.717) is 5.78 Å². The SMILES string of the molecule is CC1CCC(C(=O)C2CCCCN2c2ncccn2)CC1. The van der Waals surface area contributed by atoms with Gasteiger partial charge in [0.2, 0.25) is 5.95 Å². The van der Waals surface area contributed by atoms with Crippen LogP contribution in [0.15, 0.2) is 18.5 Å². The molecule has 0 aromatic carbocycles. The molecule has 2 heterocycles. The summed E-state index contributed by atoms with van der Waals surface area (Å²) in [6.07, 6.45) is 11.3. The molecule has 0 spiro atoms. The monoisotopic (exact) mass is 287 g/mol. The van der Waals surface area contributed by atoms with Gasteiger partial charge in [-0.2, -0.15) is 0 Å². The highest BCUT2D eigenvalue weighted by Crippen LogP contribution is 2.32. The van der Waals surface area contributed by atoms with Crippen molar-refractivity contribution in [2.75, 3.05) is 11.4 Å². The van der Waals surface area contributed by atoms with E-state index in [1.165, 1.54) is 12.8 Å². The lowest BCUT2D eigenvalue weighted by molar-refractivity contribution is -0.125. The van der Waals surface area contributed by atoms with Crippen LogP contribution in [0, 0.1) is 11.8 Å². The van der Waals surface area contributed by atoms with E-state index in [2.05, 4.69) is 21.8 Å². The normalized spacial score (nSPS) is 30.1. The number of hydrogen-bond acceptors (Lipinski definition) is 4. The van der Waals surface area contributed by atoms with E-state index in [9.17, 15) is 4.79 Å². The number of carbonyl (C=O) groups excluding carboxylic acids is 1. The minimum Gasteiger partial charge on any atom is -0.331 e. The zero-order chi connectivity index (χ0) is 14.7. The lowest BCUT2D eigenvalue weighted by Crippen LogP contribution is -2.48. The molecular formula is C17H25N3O. The van der Waals surface area contributed by atoms with Crippen LogP contribution < -0.4 is 4.90 Å². The largest absolute Gasteiger partial charge is 0.331 e. The van der Waals surface area contributed by atoms with E-state index in [0.717, 1.165) is 50.5 Å². The summed E-state index contributed by atoms with van der Waals surface area (Å²) in [5.74, 6) is 2.21. The van der Waals surface area contributed by atoms with Crippen LogP contribution >= 0.6 is 0 Å². The first-order chi connectivity index (χ1) is 10.3. The van der Waals surface area contributed by atoms with Gasteiger partial charge in [-0.25, -0.2) is 9.97 Å². The van der Waals surface area contributed by atoms with E-state index in [1.54, 1.807) is 12.4 Å². The molecule has 0 bridgehead atoms. The van der Waals surface area contributed by atoms with Crippen LogP contribution in [0.25, 0.3) is 0 Å². The van der Waals surface area contributed by atoms with Crippen molar-refractivity contribution in [3.8, 4) is 0 Å². The van der Waals surface area contributed by atoms with Crippen LogP contribution in [0.4, 0.5) is 5.95 Å². The highest BCUT2D eigenvalue weighted by molar-refractivity contribution is 5.89. The van der Waals surface area contributed by atoms with Crippen LogP contribution in [0.3, 0.4) is 0 Å². The van der Waals surface area contributed by atoms with Crippen LogP contribution in [0.1, 0.15) is 51.9 Å². The quantitative estimate of drug-likeness (QED) is 0.856. The average Bonchev–Trinajstić information content (AvgIpc) is 2.56. The number of aromatic nitrogens is 2. The molecule has 1 saturated carbocycles. The van der Waals surface area contributed by atoms with Crippen molar-refractivity contribution < 1.29 is 4.79 Å². The van der Waals surface area contributed by atoms with Crippen molar-refractivity contribution in [2.45, 2.75) is 57.9 Å². The highest BCUT2D eigenvalue weighted by Gasteiger charge is 2.35. The van der Waals surface area contributed by atoms with Gasteiger partial charge in [0.15, 0.2) is 5.78 Å². The fraction of sp³-hybridized carbons (Fsp3) is 0.706. The molecular weight excluding hydrogens is 262 g/mol. The van der Waals surface area contributed by atoms with Crippen molar-refractivity contribution in [1.29, 1.82) is 0 Å². The van der Waals surface area contributed by atoms with Gasteiger partial charge in [-0.1, -0.05) is 19.8 Å². The first kappa shape index (κ1) is 14.5. The zero-order valence-corrected chi connectivity index (χ0v) is 12.9. The molecule has 1 saturated heterocycles. The summed E-state index contributed by atoms with van der Waals surface area (Å²) in [6, 6.07) is 1.83. The Bertz CT molecular complexity index is 468. The van der Waals surface area contributed by atoms with Gasteiger partial charge >= 0.3 is 0 Å². The molecule has 1 aromatic heterocycles. The fourth-order valence-electron chi connectivity index (χ4n) is 3.72. The van der Waals surface area contributed by atoms with E-state index in [4.69, 9.17) is 0 Å². The third kappa shape index (κ3) is 3.25. The second-order valence-electron chi connectivity index (χ2n) is 6.61. The molecule has 0 radical (unpaired) electrons. The minimum absolute atomic E-state index is 0.000411. The van der Waals surface area contributed by atoms with Crippen LogP contribution in [0.5, 0.6) is 0 Å². The molecule has 2 aliphatic rings. The lowest BCUT2D eigenvalue weighted by atomic mass is 9.78. The Kier molecular flexibility index (Phi) is 4.51. The Morgan fingerprint density at radius 2 is 1.81 bits per heavy atom. The van der Waals surface area contributed by atoms with Gasteiger partial charge < -0.3 is 4.90 Å². The summed E-state index contributed by atoms with van der Waals surface area (Å²) >= 11 is 0. The first-order valence-corrected chi connectivity index (χ1v) is 8.33. The van der Waals surface area contributed by atoms with Crippen molar-refractivity contribution in [1.82, 2.24) is 9.97 Å². The van der Waals surface area contributed by atoms with E-state index in [-0.39, 0.29) is 12.0 Å². The van der Waals surface area contributed by atoms with Crippen molar-refractivity contribution in [3.05, 3.63) is 18.5 Å². The van der Waals surface area contributed by atoms with Gasteiger partial charge in [-0.15, -0.1) is 0 Å². The second-order valence-corrected chi connectivity index (χ2v) is 6.61. The molecule has 4 nitrogen and oxygen atoms in total. The Hall–Kier alpha value is -1.45. The summed E-state index contributed by atoms with van der Waals surface area (Å²) in [5.41, 5.74) is 0. The third-order valence-corrected chi connectivity index (χ3v) is 5.06. The van der Waals surface area contributed by atoms with Crippen molar-refractivity contribution >= 4 is 11.7 Å². The predicted molar refractivity (Wildman–Crippen MR) is 83.1 cm³/mol. The molecule has 3 rings (SSSR count). The van der Waals surface area contributed by atoms with E-state index in [1.807, 2.05) is 6.07 Å². The Morgan fingerprint density at radius 3 is 2.52 bits per heavy atom. The topological polar surface area (TPSA) is 46.1 Å². The fourth-order valence-corrected chi connectivity index (χ4v) is 3.72. The minimum atomic E-state index is -0.000411. The van der Waals surface area contributed by atoms with Gasteiger partial charge in [-0.05, 0) is 44.1 Å². The van der Waals surface area contributed by atoms with Crippen LogP contribution in [-0.4, -0.2) is 28.3 Å². The average molecular weight is 287 g/mol. The third-order valence-electron chi connectivity index (χ3n) is 5.06. The number of piperidine rings is 1. The molecule has 2 fully saturated rings. The Labute approximate surface area is 127 Å². The molecule has 4 heteroatoms. The smallest absolute Gasteiger partial charge is 0.225 e. The summed E-state index contributed by atoms with van der Waals surface area (Å²) < 4.78 is 0. The maximum Gasteiger partial charge on any atom is 0.225 e. The molecule has 1 aliphatic carbocycles. The van der Waals surface area contributed by atoms with Gasteiger partial charge in [-0.3, -0.25) is 4.79 Å². The number of hydrogen-bond donors (Lipinski definition) is 0. The Balaban J connectivity index is 1.73. The van der Waals surface area contributed by atoms with E-state index < -0.39 is 0 Å². The maximum atomic E-state index is 12.9. The molecule has 1 atom stereocenters. The molecule has 21 heavy (non-hydrogen) atoms. The summed E-state index contributed by atoms with van der Waals surface area (Å²) in [6.45, 7) is 3.20. The number of ketones is 1. The standard InChI is InChI=1S/C17H25N3O/c1-13-6-8-14(9-7-13)16(21)15-5-2-3-12-20(15)17-18-10-4-11-19-17/h4,10-11,13-15H,2-3,5-9,12H2,1H3. The lowest BCUT2D eigenvalue weighted by Gasteiger charge is -2.37. The van der Waals surface area contributed by atoms with Gasteiger partial charge in [0.25, 0.3) is 0 Å². The summed E-state index contributed by atoms with van der Waals surface area (Å²) in [5, 5.41) is 0. The van der Waals surface area contributed by atoms with Crippen LogP contribution in [-0.2, 0) is 4.79 Å². The van der Waals surface area contributed by atoms with Gasteiger partial charge in [0.1, 0.15) is 0 Å². The molecule has 0 N–H and O–H groups in total. The van der Waals surface area contributed by atoms with Crippen molar-refractivity contribution in [3.63, 3.8) is 0 Å². The first-order valence-electron chi connectivity index (χ1n) is 8.33. The van der Waals surface area contributed by atoms with Gasteiger partial charge in [0, 0.05) is 24.9 Å². The number of rotatable bonds is 3. The molecule has 1 aliphatic heterocycles.